The summed E-state index contributed by atoms with van der Waals surface area (Å²) in [6.07, 6.45) is 7.10. The van der Waals surface area contributed by atoms with Crippen molar-refractivity contribution < 1.29 is 4.79 Å². The summed E-state index contributed by atoms with van der Waals surface area (Å²) >= 11 is 0. The minimum absolute atomic E-state index is 0.0664. The quantitative estimate of drug-likeness (QED) is 0.396. The molecule has 0 radical (unpaired) electrons. The molecule has 5 rings (SSSR count). The van der Waals surface area contributed by atoms with Gasteiger partial charge >= 0.3 is 0 Å². The Morgan fingerprint density at radius 1 is 1.24 bits per heavy atom. The maximum Gasteiger partial charge on any atom is 0.277 e. The summed E-state index contributed by atoms with van der Waals surface area (Å²) in [5.41, 5.74) is 4.29. The molecule has 0 aliphatic carbocycles. The van der Waals surface area contributed by atoms with Crippen molar-refractivity contribution in [3.05, 3.63) is 88.0 Å². The first-order chi connectivity index (χ1) is 16.6. The number of hydrogen-bond acceptors (Lipinski definition) is 5. The number of carbonyl (C=O) groups excluding carboxylic acids is 1. The van der Waals surface area contributed by atoms with Crippen molar-refractivity contribution in [1.82, 2.24) is 24.8 Å². The van der Waals surface area contributed by atoms with Crippen molar-refractivity contribution in [1.29, 1.82) is 0 Å². The molecule has 1 aliphatic rings. The number of fused-ring (bicyclic) bond motifs is 2. The van der Waals surface area contributed by atoms with Crippen LogP contribution in [0.1, 0.15) is 35.6 Å². The number of anilines is 1. The Labute approximate surface area is 197 Å². The van der Waals surface area contributed by atoms with Crippen LogP contribution in [0.5, 0.6) is 0 Å². The number of nitrogens with one attached hydrogen (secondary N) is 3. The van der Waals surface area contributed by atoms with Crippen molar-refractivity contribution in [3.8, 4) is 0 Å². The fraction of sp³-hybridized carbons (Fsp3) is 0.308. The Balaban J connectivity index is 1.24. The van der Waals surface area contributed by atoms with Gasteiger partial charge in [0.25, 0.3) is 5.56 Å². The Hall–Kier alpha value is -3.94. The average molecular weight is 457 g/mol. The van der Waals surface area contributed by atoms with E-state index >= 15 is 0 Å². The number of H-pyrrole nitrogens is 1. The van der Waals surface area contributed by atoms with Gasteiger partial charge in [0.05, 0.1) is 12.2 Å². The molecule has 4 aromatic rings. The van der Waals surface area contributed by atoms with Gasteiger partial charge in [-0.05, 0) is 50.3 Å². The van der Waals surface area contributed by atoms with E-state index in [1.807, 2.05) is 30.3 Å². The van der Waals surface area contributed by atoms with Crippen LogP contribution in [0.2, 0.25) is 0 Å². The van der Waals surface area contributed by atoms with Crippen LogP contribution in [0, 0.1) is 6.92 Å². The Kier molecular flexibility index (Phi) is 6.12. The highest BCUT2D eigenvalue weighted by molar-refractivity contribution is 5.80. The lowest BCUT2D eigenvalue weighted by molar-refractivity contribution is -0.121. The summed E-state index contributed by atoms with van der Waals surface area (Å²) in [7, 11) is 0. The fourth-order valence-electron chi connectivity index (χ4n) is 4.54. The number of benzene rings is 1. The summed E-state index contributed by atoms with van der Waals surface area (Å²) in [4.78, 5) is 37.9. The Morgan fingerprint density at radius 2 is 2.09 bits per heavy atom. The Bertz CT molecular complexity index is 1340. The molecule has 0 saturated carbocycles. The lowest BCUT2D eigenvalue weighted by atomic mass is 9.97. The predicted molar refractivity (Wildman–Crippen MR) is 132 cm³/mol. The highest BCUT2D eigenvalue weighted by atomic mass is 16.2. The van der Waals surface area contributed by atoms with Crippen molar-refractivity contribution in [2.24, 2.45) is 0 Å². The lowest BCUT2D eigenvalue weighted by Gasteiger charge is -2.27. The number of hydrogen-bond donors (Lipinski definition) is 3. The number of rotatable bonds is 7. The van der Waals surface area contributed by atoms with Crippen molar-refractivity contribution >= 4 is 22.5 Å². The van der Waals surface area contributed by atoms with Gasteiger partial charge in [0, 0.05) is 35.0 Å². The second kappa shape index (κ2) is 9.51. The smallest absolute Gasteiger partial charge is 0.277 e. The third-order valence-electron chi connectivity index (χ3n) is 6.39. The summed E-state index contributed by atoms with van der Waals surface area (Å²) in [5.74, 6) is 0.320. The molecule has 0 saturated heterocycles. The van der Waals surface area contributed by atoms with Crippen LogP contribution in [0.25, 0.3) is 10.9 Å². The maximum atomic E-state index is 13.2. The molecule has 4 heterocycles. The topological polar surface area (TPSA) is 105 Å². The van der Waals surface area contributed by atoms with Gasteiger partial charge in [-0.3, -0.25) is 19.1 Å². The van der Waals surface area contributed by atoms with Crippen molar-refractivity contribution in [2.75, 3.05) is 5.32 Å². The summed E-state index contributed by atoms with van der Waals surface area (Å²) in [5, 5.41) is 7.29. The average Bonchev–Trinajstić information content (AvgIpc) is 3.28. The number of aromatic amines is 1. The van der Waals surface area contributed by atoms with Crippen LogP contribution in [0.15, 0.2) is 59.7 Å². The summed E-state index contributed by atoms with van der Waals surface area (Å²) < 4.78 is 1.45. The van der Waals surface area contributed by atoms with Gasteiger partial charge in [-0.2, -0.15) is 0 Å². The van der Waals surface area contributed by atoms with Gasteiger partial charge in [0.1, 0.15) is 18.1 Å². The monoisotopic (exact) mass is 456 g/mol. The number of amides is 1. The standard InChI is InChI=1S/C26H28N6O2/c1-17-29-23-10-9-20(8-7-18-5-3-2-4-6-18)31-25(23)26(34)32(17)16-24(33)28-15-21-13-19-14-27-12-11-22(19)30-21/h2-6,11-14,20,30-31H,7-10,15-16H2,1H3,(H,28,33). The molecule has 1 amide bonds. The van der Waals surface area contributed by atoms with Gasteiger partial charge in [0.2, 0.25) is 5.91 Å². The molecule has 174 valence electrons. The first-order valence-corrected chi connectivity index (χ1v) is 11.7. The molecule has 1 aromatic carbocycles. The molecule has 0 fully saturated rings. The molecular weight excluding hydrogens is 428 g/mol. The van der Waals surface area contributed by atoms with E-state index in [0.29, 0.717) is 18.1 Å². The van der Waals surface area contributed by atoms with Gasteiger partial charge < -0.3 is 15.6 Å². The predicted octanol–water partition coefficient (Wildman–Crippen LogP) is 3.10. The Morgan fingerprint density at radius 3 is 2.91 bits per heavy atom. The van der Waals surface area contributed by atoms with E-state index in [9.17, 15) is 9.59 Å². The molecule has 0 bridgehead atoms. The summed E-state index contributed by atoms with van der Waals surface area (Å²) in [6.45, 7) is 2.06. The fourth-order valence-corrected chi connectivity index (χ4v) is 4.54. The zero-order chi connectivity index (χ0) is 23.5. The molecule has 1 aliphatic heterocycles. The van der Waals surface area contributed by atoms with Crippen LogP contribution in [-0.4, -0.2) is 31.5 Å². The van der Waals surface area contributed by atoms with Crippen LogP contribution >= 0.6 is 0 Å². The molecular formula is C26H28N6O2. The highest BCUT2D eigenvalue weighted by Crippen LogP contribution is 2.23. The summed E-state index contributed by atoms with van der Waals surface area (Å²) in [6, 6.07) is 14.4. The molecule has 0 spiro atoms. The maximum absolute atomic E-state index is 13.2. The van der Waals surface area contributed by atoms with E-state index in [1.54, 1.807) is 19.3 Å². The largest absolute Gasteiger partial charge is 0.376 e. The van der Waals surface area contributed by atoms with E-state index in [4.69, 9.17) is 0 Å². The van der Waals surface area contributed by atoms with Gasteiger partial charge in [-0.15, -0.1) is 0 Å². The van der Waals surface area contributed by atoms with E-state index in [0.717, 1.165) is 48.0 Å². The van der Waals surface area contributed by atoms with Gasteiger partial charge in [0.15, 0.2) is 0 Å². The number of carbonyl (C=O) groups is 1. The van der Waals surface area contributed by atoms with Crippen LogP contribution in [0.3, 0.4) is 0 Å². The van der Waals surface area contributed by atoms with Crippen LogP contribution in [0.4, 0.5) is 5.69 Å². The molecule has 8 nitrogen and oxygen atoms in total. The van der Waals surface area contributed by atoms with Crippen molar-refractivity contribution in [3.63, 3.8) is 0 Å². The SMILES string of the molecule is Cc1nc2c(c(=O)n1CC(=O)NCc1cc3cnccc3[nH]1)NC(CCc1ccccc1)CC2. The zero-order valence-corrected chi connectivity index (χ0v) is 19.2. The highest BCUT2D eigenvalue weighted by Gasteiger charge is 2.24. The number of pyridine rings is 1. The molecule has 3 N–H and O–H groups in total. The molecule has 1 unspecified atom stereocenters. The zero-order valence-electron chi connectivity index (χ0n) is 19.2. The van der Waals surface area contributed by atoms with Crippen molar-refractivity contribution in [2.45, 2.75) is 51.7 Å². The van der Waals surface area contributed by atoms with Crippen LogP contribution < -0.4 is 16.2 Å². The van der Waals surface area contributed by atoms with Gasteiger partial charge in [-0.25, -0.2) is 4.98 Å². The van der Waals surface area contributed by atoms with Crippen LogP contribution in [-0.2, 0) is 30.7 Å². The third kappa shape index (κ3) is 4.71. The van der Waals surface area contributed by atoms with Gasteiger partial charge in [-0.1, -0.05) is 30.3 Å². The minimum atomic E-state index is -0.236. The number of aryl methyl sites for hydroxylation is 3. The van der Waals surface area contributed by atoms with E-state index in [2.05, 4.69) is 37.7 Å². The third-order valence-corrected chi connectivity index (χ3v) is 6.39. The van der Waals surface area contributed by atoms with E-state index in [-0.39, 0.29) is 24.1 Å². The molecule has 34 heavy (non-hydrogen) atoms. The number of nitrogens with zero attached hydrogens (tertiary/aromatic N) is 3. The van der Waals surface area contributed by atoms with E-state index in [1.165, 1.54) is 10.1 Å². The second-order valence-corrected chi connectivity index (χ2v) is 8.81. The molecule has 3 aromatic heterocycles. The minimum Gasteiger partial charge on any atom is -0.376 e. The van der Waals surface area contributed by atoms with E-state index < -0.39 is 0 Å². The lowest BCUT2D eigenvalue weighted by Crippen LogP contribution is -2.38. The molecule has 8 heteroatoms. The first kappa shape index (κ1) is 21.9. The second-order valence-electron chi connectivity index (χ2n) is 8.81. The molecule has 1 atom stereocenters. The normalized spacial score (nSPS) is 15.0. The first-order valence-electron chi connectivity index (χ1n) is 11.7. The number of aromatic nitrogens is 4.